The Balaban J connectivity index is 2.25. The van der Waals surface area contributed by atoms with Gasteiger partial charge in [0.05, 0.1) is 0 Å². The molecule has 1 rings (SSSR count). The van der Waals surface area contributed by atoms with Gasteiger partial charge in [-0.2, -0.15) is 0 Å². The number of rotatable bonds is 5. The number of nitrogens with one attached hydrogen (secondary N) is 2. The van der Waals surface area contributed by atoms with Crippen molar-refractivity contribution in [2.24, 2.45) is 0 Å². The first kappa shape index (κ1) is 10.5. The van der Waals surface area contributed by atoms with Crippen molar-refractivity contribution in [2.45, 2.75) is 6.42 Å². The molecule has 13 heavy (non-hydrogen) atoms. The van der Waals surface area contributed by atoms with E-state index in [1.165, 1.54) is 0 Å². The largest absolute Gasteiger partial charge is 0.370 e. The lowest BCUT2D eigenvalue weighted by Gasteiger charge is -2.04. The zero-order valence-corrected chi connectivity index (χ0v) is 9.26. The molecule has 2 N–H and O–H groups in total. The monoisotopic (exact) mass is 243 g/mol. The van der Waals surface area contributed by atoms with Crippen molar-refractivity contribution in [2.75, 3.05) is 25.5 Å². The number of anilines is 1. The molecule has 0 radical (unpaired) electrons. The molecule has 0 unspecified atom stereocenters. The molecule has 0 bridgehead atoms. The molecule has 1 aromatic rings. The van der Waals surface area contributed by atoms with Crippen LogP contribution in [0.4, 0.5) is 5.82 Å². The summed E-state index contributed by atoms with van der Waals surface area (Å²) in [5, 5.41) is 6.33. The van der Waals surface area contributed by atoms with Crippen LogP contribution in [0.5, 0.6) is 0 Å². The molecule has 3 nitrogen and oxygen atoms in total. The van der Waals surface area contributed by atoms with Gasteiger partial charge in [-0.1, -0.05) is 0 Å². The van der Waals surface area contributed by atoms with E-state index < -0.39 is 0 Å². The molecule has 1 aromatic heterocycles. The van der Waals surface area contributed by atoms with Gasteiger partial charge >= 0.3 is 0 Å². The van der Waals surface area contributed by atoms with Crippen molar-refractivity contribution in [3.05, 3.63) is 22.8 Å². The molecule has 0 fully saturated rings. The molecular weight excluding hydrogens is 230 g/mol. The normalized spacial score (nSPS) is 10.0. The van der Waals surface area contributed by atoms with Crippen LogP contribution in [-0.4, -0.2) is 25.1 Å². The molecule has 0 spiro atoms. The third-order valence-electron chi connectivity index (χ3n) is 1.64. The summed E-state index contributed by atoms with van der Waals surface area (Å²) in [6, 6.07) is 3.94. The first-order valence-electron chi connectivity index (χ1n) is 4.33. The summed E-state index contributed by atoms with van der Waals surface area (Å²) in [5.41, 5.74) is 0. The molecule has 0 aliphatic heterocycles. The smallest absolute Gasteiger partial charge is 0.125 e. The Morgan fingerprint density at radius 1 is 1.38 bits per heavy atom. The first-order chi connectivity index (χ1) is 6.33. The highest BCUT2D eigenvalue weighted by Crippen LogP contribution is 2.09. The summed E-state index contributed by atoms with van der Waals surface area (Å²) in [5.74, 6) is 0.930. The van der Waals surface area contributed by atoms with E-state index in [1.54, 1.807) is 6.20 Å². The van der Waals surface area contributed by atoms with Gasteiger partial charge in [0, 0.05) is 17.2 Å². The van der Waals surface area contributed by atoms with Crippen molar-refractivity contribution in [3.8, 4) is 0 Å². The van der Waals surface area contributed by atoms with Gasteiger partial charge in [-0.3, -0.25) is 0 Å². The lowest BCUT2D eigenvalue weighted by molar-refractivity contribution is 0.747. The van der Waals surface area contributed by atoms with Crippen molar-refractivity contribution in [1.82, 2.24) is 10.3 Å². The van der Waals surface area contributed by atoms with Crippen molar-refractivity contribution in [1.29, 1.82) is 0 Å². The SMILES string of the molecule is CNCCCNc1ccc(Br)cn1. The topological polar surface area (TPSA) is 37.0 Å². The van der Waals surface area contributed by atoms with Crippen LogP contribution in [0.2, 0.25) is 0 Å². The van der Waals surface area contributed by atoms with Crippen LogP contribution in [-0.2, 0) is 0 Å². The Kier molecular flexibility index (Phi) is 4.78. The Morgan fingerprint density at radius 3 is 2.85 bits per heavy atom. The Morgan fingerprint density at radius 2 is 2.23 bits per heavy atom. The minimum absolute atomic E-state index is 0.930. The number of hydrogen-bond donors (Lipinski definition) is 2. The summed E-state index contributed by atoms with van der Waals surface area (Å²) in [6.45, 7) is 1.99. The summed E-state index contributed by atoms with van der Waals surface area (Å²) in [4.78, 5) is 4.20. The molecular formula is C9H14BrN3. The maximum atomic E-state index is 4.20. The van der Waals surface area contributed by atoms with Gasteiger partial charge in [0.1, 0.15) is 5.82 Å². The van der Waals surface area contributed by atoms with Gasteiger partial charge in [0.15, 0.2) is 0 Å². The van der Waals surface area contributed by atoms with Crippen LogP contribution >= 0.6 is 15.9 Å². The van der Waals surface area contributed by atoms with Crippen LogP contribution in [0, 0.1) is 0 Å². The van der Waals surface area contributed by atoms with E-state index >= 15 is 0 Å². The number of halogens is 1. The number of hydrogen-bond acceptors (Lipinski definition) is 3. The fraction of sp³-hybridized carbons (Fsp3) is 0.444. The van der Waals surface area contributed by atoms with E-state index in [9.17, 15) is 0 Å². The number of aromatic nitrogens is 1. The molecule has 0 saturated carbocycles. The second-order valence-corrected chi connectivity index (χ2v) is 3.66. The molecule has 1 heterocycles. The van der Waals surface area contributed by atoms with E-state index in [4.69, 9.17) is 0 Å². The highest BCUT2D eigenvalue weighted by molar-refractivity contribution is 9.10. The van der Waals surface area contributed by atoms with Gasteiger partial charge in [0.2, 0.25) is 0 Å². The quantitative estimate of drug-likeness (QED) is 0.776. The van der Waals surface area contributed by atoms with E-state index in [0.717, 1.165) is 29.8 Å². The fourth-order valence-electron chi connectivity index (χ4n) is 0.962. The highest BCUT2D eigenvalue weighted by atomic mass is 79.9. The summed E-state index contributed by atoms with van der Waals surface area (Å²) in [7, 11) is 1.96. The summed E-state index contributed by atoms with van der Waals surface area (Å²) in [6.07, 6.45) is 2.90. The average Bonchev–Trinajstić information content (AvgIpc) is 2.15. The second kappa shape index (κ2) is 5.94. The van der Waals surface area contributed by atoms with Crippen molar-refractivity contribution < 1.29 is 0 Å². The van der Waals surface area contributed by atoms with Crippen LogP contribution in [0.15, 0.2) is 22.8 Å². The zero-order valence-electron chi connectivity index (χ0n) is 7.68. The zero-order chi connectivity index (χ0) is 9.52. The molecule has 0 aromatic carbocycles. The third-order valence-corrected chi connectivity index (χ3v) is 2.11. The Hall–Kier alpha value is -0.610. The van der Waals surface area contributed by atoms with Gasteiger partial charge < -0.3 is 10.6 Å². The lowest BCUT2D eigenvalue weighted by atomic mass is 10.4. The Labute approximate surface area is 87.1 Å². The minimum Gasteiger partial charge on any atom is -0.370 e. The summed E-state index contributed by atoms with van der Waals surface area (Å²) >= 11 is 3.34. The fourth-order valence-corrected chi connectivity index (χ4v) is 1.20. The van der Waals surface area contributed by atoms with E-state index in [-0.39, 0.29) is 0 Å². The molecule has 0 aliphatic rings. The maximum absolute atomic E-state index is 4.20. The molecule has 0 amide bonds. The molecule has 0 saturated heterocycles. The average molecular weight is 244 g/mol. The molecule has 72 valence electrons. The van der Waals surface area contributed by atoms with Gasteiger partial charge in [-0.05, 0) is 48.1 Å². The van der Waals surface area contributed by atoms with Gasteiger partial charge in [-0.15, -0.1) is 0 Å². The van der Waals surface area contributed by atoms with Gasteiger partial charge in [-0.25, -0.2) is 4.98 Å². The van der Waals surface area contributed by atoms with Crippen LogP contribution < -0.4 is 10.6 Å². The van der Waals surface area contributed by atoms with Crippen molar-refractivity contribution in [3.63, 3.8) is 0 Å². The standard InChI is InChI=1S/C9H14BrN3/c1-11-5-2-6-12-9-4-3-8(10)7-13-9/h3-4,7,11H,2,5-6H2,1H3,(H,12,13). The van der Waals surface area contributed by atoms with E-state index in [2.05, 4.69) is 31.5 Å². The van der Waals surface area contributed by atoms with Gasteiger partial charge in [0.25, 0.3) is 0 Å². The molecule has 0 atom stereocenters. The first-order valence-corrected chi connectivity index (χ1v) is 5.12. The summed E-state index contributed by atoms with van der Waals surface area (Å²) < 4.78 is 1.01. The lowest BCUT2D eigenvalue weighted by Crippen LogP contribution is -2.13. The van der Waals surface area contributed by atoms with Crippen LogP contribution in [0.1, 0.15) is 6.42 Å². The predicted molar refractivity (Wildman–Crippen MR) is 59.0 cm³/mol. The molecule has 0 aliphatic carbocycles. The van der Waals surface area contributed by atoms with Crippen LogP contribution in [0.3, 0.4) is 0 Å². The Bertz CT molecular complexity index is 235. The maximum Gasteiger partial charge on any atom is 0.125 e. The van der Waals surface area contributed by atoms with Crippen LogP contribution in [0.25, 0.3) is 0 Å². The molecule has 4 heteroatoms. The van der Waals surface area contributed by atoms with E-state index in [0.29, 0.717) is 0 Å². The van der Waals surface area contributed by atoms with Crippen molar-refractivity contribution >= 4 is 21.7 Å². The second-order valence-electron chi connectivity index (χ2n) is 2.75. The predicted octanol–water partition coefficient (Wildman–Crippen LogP) is 1.87. The number of nitrogens with zero attached hydrogens (tertiary/aromatic N) is 1. The number of pyridine rings is 1. The minimum atomic E-state index is 0.930. The highest BCUT2D eigenvalue weighted by Gasteiger charge is 1.91. The van der Waals surface area contributed by atoms with E-state index in [1.807, 2.05) is 19.2 Å². The third kappa shape index (κ3) is 4.24.